The van der Waals surface area contributed by atoms with Crippen molar-refractivity contribution in [2.45, 2.75) is 20.3 Å². The number of amides is 1. The second-order valence-electron chi connectivity index (χ2n) is 3.91. The Hall–Kier alpha value is -0.620. The summed E-state index contributed by atoms with van der Waals surface area (Å²) in [6, 6.07) is 0. The van der Waals surface area contributed by atoms with Gasteiger partial charge < -0.3 is 5.32 Å². The van der Waals surface area contributed by atoms with E-state index in [4.69, 9.17) is 0 Å². The van der Waals surface area contributed by atoms with Crippen molar-refractivity contribution in [2.24, 2.45) is 11.8 Å². The van der Waals surface area contributed by atoms with Gasteiger partial charge in [-0.2, -0.15) is 0 Å². The van der Waals surface area contributed by atoms with E-state index in [0.29, 0.717) is 12.5 Å². The van der Waals surface area contributed by atoms with Crippen molar-refractivity contribution in [3.05, 3.63) is 0 Å². The van der Waals surface area contributed by atoms with E-state index in [-0.39, 0.29) is 24.1 Å². The molecule has 2 atom stereocenters. The van der Waals surface area contributed by atoms with Crippen LogP contribution in [-0.2, 0) is 14.8 Å². The summed E-state index contributed by atoms with van der Waals surface area (Å²) in [5, 5.41) is 2.71. The molecule has 0 saturated heterocycles. The van der Waals surface area contributed by atoms with Gasteiger partial charge in [0.25, 0.3) is 0 Å². The molecule has 0 heterocycles. The summed E-state index contributed by atoms with van der Waals surface area (Å²) in [6.07, 6.45) is 0.951. The fourth-order valence-electron chi connectivity index (χ4n) is 1.31. The van der Waals surface area contributed by atoms with Crippen molar-refractivity contribution in [1.29, 1.82) is 0 Å². The highest BCUT2D eigenvalue weighted by Crippen LogP contribution is 2.37. The molecule has 1 rings (SSSR count). The van der Waals surface area contributed by atoms with Crippen LogP contribution in [0.2, 0.25) is 0 Å². The molecule has 15 heavy (non-hydrogen) atoms. The number of nitrogens with one attached hydrogen (secondary N) is 2. The van der Waals surface area contributed by atoms with Crippen LogP contribution in [-0.4, -0.2) is 33.2 Å². The number of rotatable bonds is 6. The van der Waals surface area contributed by atoms with Gasteiger partial charge in [0.1, 0.15) is 0 Å². The third-order valence-electron chi connectivity index (χ3n) is 2.57. The maximum atomic E-state index is 11.3. The average molecular weight is 234 g/mol. The van der Waals surface area contributed by atoms with E-state index in [9.17, 15) is 13.2 Å². The predicted molar refractivity (Wildman–Crippen MR) is 57.7 cm³/mol. The molecule has 0 bridgehead atoms. The molecule has 5 nitrogen and oxygen atoms in total. The highest BCUT2D eigenvalue weighted by Gasteiger charge is 2.38. The van der Waals surface area contributed by atoms with Crippen molar-refractivity contribution in [2.75, 3.05) is 18.8 Å². The molecule has 88 valence electrons. The van der Waals surface area contributed by atoms with Crippen molar-refractivity contribution in [1.82, 2.24) is 10.0 Å². The standard InChI is InChI=1S/C9H18N2O3S/c1-3-15(13,14)11-5-4-10-9(12)8-6-7(8)2/h7-8,11H,3-6H2,1-2H3,(H,10,12). The summed E-state index contributed by atoms with van der Waals surface area (Å²) in [7, 11) is -3.13. The van der Waals surface area contributed by atoms with Gasteiger partial charge in [0.15, 0.2) is 0 Å². The van der Waals surface area contributed by atoms with E-state index in [2.05, 4.69) is 10.0 Å². The van der Waals surface area contributed by atoms with Gasteiger partial charge in [-0.25, -0.2) is 13.1 Å². The monoisotopic (exact) mass is 234 g/mol. The van der Waals surface area contributed by atoms with Crippen LogP contribution in [0.25, 0.3) is 0 Å². The minimum atomic E-state index is -3.13. The maximum absolute atomic E-state index is 11.3. The normalized spacial score (nSPS) is 24.9. The summed E-state index contributed by atoms with van der Waals surface area (Å²) < 4.78 is 24.4. The summed E-state index contributed by atoms with van der Waals surface area (Å²) in [6.45, 7) is 4.24. The first-order valence-corrected chi connectivity index (χ1v) is 6.86. The molecule has 0 spiro atoms. The molecule has 1 saturated carbocycles. The van der Waals surface area contributed by atoms with Gasteiger partial charge in [-0.05, 0) is 19.3 Å². The third kappa shape index (κ3) is 4.17. The Balaban J connectivity index is 2.09. The molecule has 0 radical (unpaired) electrons. The number of hydrogen-bond donors (Lipinski definition) is 2. The third-order valence-corrected chi connectivity index (χ3v) is 3.98. The summed E-state index contributed by atoms with van der Waals surface area (Å²) in [4.78, 5) is 11.3. The lowest BCUT2D eigenvalue weighted by atomic mass is 10.3. The van der Waals surface area contributed by atoms with Gasteiger partial charge in [-0.3, -0.25) is 4.79 Å². The van der Waals surface area contributed by atoms with E-state index in [1.54, 1.807) is 6.92 Å². The van der Waals surface area contributed by atoms with E-state index >= 15 is 0 Å². The minimum Gasteiger partial charge on any atom is -0.355 e. The fraction of sp³-hybridized carbons (Fsp3) is 0.889. The summed E-state index contributed by atoms with van der Waals surface area (Å²) >= 11 is 0. The first-order chi connectivity index (χ1) is 6.96. The van der Waals surface area contributed by atoms with Gasteiger partial charge in [-0.1, -0.05) is 6.92 Å². The van der Waals surface area contributed by atoms with Crippen LogP contribution in [0.5, 0.6) is 0 Å². The molecule has 2 N–H and O–H groups in total. The topological polar surface area (TPSA) is 75.3 Å². The Morgan fingerprint density at radius 2 is 2.00 bits per heavy atom. The van der Waals surface area contributed by atoms with Crippen molar-refractivity contribution in [3.8, 4) is 0 Å². The summed E-state index contributed by atoms with van der Waals surface area (Å²) in [5.41, 5.74) is 0. The smallest absolute Gasteiger partial charge is 0.223 e. The molecule has 0 aromatic rings. The van der Waals surface area contributed by atoms with Crippen LogP contribution >= 0.6 is 0 Å². The number of carbonyl (C=O) groups is 1. The Bertz CT molecular complexity index is 326. The molecular weight excluding hydrogens is 216 g/mol. The second kappa shape index (κ2) is 4.94. The predicted octanol–water partition coefficient (Wildman–Crippen LogP) is -0.302. The Morgan fingerprint density at radius 3 is 2.47 bits per heavy atom. The zero-order valence-corrected chi connectivity index (χ0v) is 9.93. The van der Waals surface area contributed by atoms with Gasteiger partial charge in [0, 0.05) is 19.0 Å². The quantitative estimate of drug-likeness (QED) is 0.619. The van der Waals surface area contributed by atoms with Crippen LogP contribution in [0.3, 0.4) is 0 Å². The second-order valence-corrected chi connectivity index (χ2v) is 6.00. The Kier molecular flexibility index (Phi) is 4.10. The van der Waals surface area contributed by atoms with Crippen molar-refractivity contribution < 1.29 is 13.2 Å². The van der Waals surface area contributed by atoms with E-state index in [1.807, 2.05) is 6.92 Å². The molecule has 1 aliphatic carbocycles. The SMILES string of the molecule is CCS(=O)(=O)NCCNC(=O)C1CC1C. The lowest BCUT2D eigenvalue weighted by Gasteiger charge is -2.05. The highest BCUT2D eigenvalue weighted by atomic mass is 32.2. The van der Waals surface area contributed by atoms with Crippen molar-refractivity contribution in [3.63, 3.8) is 0 Å². The molecule has 0 aliphatic heterocycles. The minimum absolute atomic E-state index is 0.0400. The van der Waals surface area contributed by atoms with Crippen LogP contribution < -0.4 is 10.0 Å². The van der Waals surface area contributed by atoms with Crippen LogP contribution in [0.4, 0.5) is 0 Å². The van der Waals surface area contributed by atoms with E-state index in [0.717, 1.165) is 6.42 Å². The van der Waals surface area contributed by atoms with E-state index < -0.39 is 10.0 Å². The van der Waals surface area contributed by atoms with Crippen LogP contribution in [0.1, 0.15) is 20.3 Å². The number of sulfonamides is 1. The van der Waals surface area contributed by atoms with Gasteiger partial charge in [0.2, 0.25) is 15.9 Å². The maximum Gasteiger partial charge on any atom is 0.223 e. The Labute approximate surface area is 90.7 Å². The Morgan fingerprint density at radius 1 is 1.40 bits per heavy atom. The molecule has 0 aromatic heterocycles. The lowest BCUT2D eigenvalue weighted by molar-refractivity contribution is -0.122. The van der Waals surface area contributed by atoms with Gasteiger partial charge >= 0.3 is 0 Å². The zero-order chi connectivity index (χ0) is 11.5. The van der Waals surface area contributed by atoms with Gasteiger partial charge in [0.05, 0.1) is 5.75 Å². The first-order valence-electron chi connectivity index (χ1n) is 5.21. The molecule has 1 amide bonds. The summed E-state index contributed by atoms with van der Waals surface area (Å²) in [5.74, 6) is 0.740. The number of carbonyl (C=O) groups excluding carboxylic acids is 1. The molecule has 1 aliphatic rings. The highest BCUT2D eigenvalue weighted by molar-refractivity contribution is 7.89. The van der Waals surface area contributed by atoms with E-state index in [1.165, 1.54) is 0 Å². The lowest BCUT2D eigenvalue weighted by Crippen LogP contribution is -2.36. The number of hydrogen-bond acceptors (Lipinski definition) is 3. The molecule has 6 heteroatoms. The largest absolute Gasteiger partial charge is 0.355 e. The molecule has 2 unspecified atom stereocenters. The van der Waals surface area contributed by atoms with Gasteiger partial charge in [-0.15, -0.1) is 0 Å². The molecule has 1 fully saturated rings. The average Bonchev–Trinajstić information content (AvgIpc) is 2.90. The van der Waals surface area contributed by atoms with Crippen LogP contribution in [0, 0.1) is 11.8 Å². The van der Waals surface area contributed by atoms with Crippen molar-refractivity contribution >= 4 is 15.9 Å². The zero-order valence-electron chi connectivity index (χ0n) is 9.12. The fourth-order valence-corrected chi connectivity index (χ4v) is 1.93. The van der Waals surface area contributed by atoms with Crippen LogP contribution in [0.15, 0.2) is 0 Å². The molecular formula is C9H18N2O3S. The first kappa shape index (κ1) is 12.4. The molecule has 0 aromatic carbocycles.